The third kappa shape index (κ3) is 5.63. The number of carbonyl (C=O) groups is 2. The molecular weight excluding hydrogens is 417 g/mol. The van der Waals surface area contributed by atoms with E-state index in [1.807, 2.05) is 30.3 Å². The Balaban J connectivity index is 1.54. The maximum Gasteiger partial charge on any atom is 0.417 e. The second-order valence-electron chi connectivity index (χ2n) is 7.03. The molecule has 2 aromatic rings. The number of halogens is 4. The van der Waals surface area contributed by atoms with E-state index in [2.05, 4.69) is 5.32 Å². The molecular formula is C22H20ClF3N2O2. The van der Waals surface area contributed by atoms with Crippen molar-refractivity contribution in [2.24, 2.45) is 5.92 Å². The quantitative estimate of drug-likeness (QED) is 0.665. The number of amides is 2. The van der Waals surface area contributed by atoms with E-state index < -0.39 is 16.8 Å². The van der Waals surface area contributed by atoms with Crippen molar-refractivity contribution < 1.29 is 22.8 Å². The molecule has 2 amide bonds. The van der Waals surface area contributed by atoms with Crippen LogP contribution in [0.4, 0.5) is 18.9 Å². The molecule has 1 fully saturated rings. The average molecular weight is 437 g/mol. The first-order valence-electron chi connectivity index (χ1n) is 9.43. The van der Waals surface area contributed by atoms with Crippen LogP contribution in [0.25, 0.3) is 6.08 Å². The molecule has 158 valence electrons. The Morgan fingerprint density at radius 1 is 1.07 bits per heavy atom. The summed E-state index contributed by atoms with van der Waals surface area (Å²) in [5, 5.41) is 2.11. The normalized spacial score (nSPS) is 15.4. The van der Waals surface area contributed by atoms with Crippen molar-refractivity contribution in [2.45, 2.75) is 19.0 Å². The highest BCUT2D eigenvalue weighted by Gasteiger charge is 2.34. The number of anilines is 1. The van der Waals surface area contributed by atoms with E-state index in [1.54, 1.807) is 11.0 Å². The largest absolute Gasteiger partial charge is 0.417 e. The minimum atomic E-state index is -4.60. The van der Waals surface area contributed by atoms with E-state index in [9.17, 15) is 22.8 Å². The molecule has 1 saturated heterocycles. The Labute approximate surface area is 177 Å². The number of rotatable bonds is 4. The number of nitrogens with zero attached hydrogens (tertiary/aromatic N) is 1. The van der Waals surface area contributed by atoms with Gasteiger partial charge in [-0.1, -0.05) is 41.9 Å². The van der Waals surface area contributed by atoms with Crippen LogP contribution in [0.5, 0.6) is 0 Å². The topological polar surface area (TPSA) is 49.4 Å². The van der Waals surface area contributed by atoms with Gasteiger partial charge >= 0.3 is 6.18 Å². The highest BCUT2D eigenvalue weighted by Crippen LogP contribution is 2.36. The van der Waals surface area contributed by atoms with Gasteiger partial charge in [0, 0.05) is 30.8 Å². The zero-order valence-electron chi connectivity index (χ0n) is 16.0. The Hall–Kier alpha value is -2.80. The van der Waals surface area contributed by atoms with Gasteiger partial charge in [0.2, 0.25) is 11.8 Å². The first kappa shape index (κ1) is 21.9. The highest BCUT2D eigenvalue weighted by atomic mass is 35.5. The van der Waals surface area contributed by atoms with Crippen LogP contribution in [0, 0.1) is 5.92 Å². The van der Waals surface area contributed by atoms with Gasteiger partial charge in [0.05, 0.1) is 10.6 Å². The number of likely N-dealkylation sites (tertiary alicyclic amines) is 1. The molecule has 1 aliphatic heterocycles. The Bertz CT molecular complexity index is 937. The van der Waals surface area contributed by atoms with Gasteiger partial charge in [0.25, 0.3) is 0 Å². The SMILES string of the molecule is O=C(Nc1ccc(Cl)c(C(F)(F)F)c1)C1CCN(C(=O)/C=C/c2ccccc2)CC1. The van der Waals surface area contributed by atoms with Crippen molar-refractivity contribution in [2.75, 3.05) is 18.4 Å². The Kier molecular flexibility index (Phi) is 6.82. The number of alkyl halides is 3. The van der Waals surface area contributed by atoms with Crippen LogP contribution in [-0.4, -0.2) is 29.8 Å². The van der Waals surface area contributed by atoms with Gasteiger partial charge in [-0.15, -0.1) is 0 Å². The fourth-order valence-corrected chi connectivity index (χ4v) is 3.49. The summed E-state index contributed by atoms with van der Waals surface area (Å²) < 4.78 is 38.9. The second-order valence-corrected chi connectivity index (χ2v) is 7.43. The molecule has 2 aromatic carbocycles. The van der Waals surface area contributed by atoms with Crippen LogP contribution in [0.1, 0.15) is 24.0 Å². The van der Waals surface area contributed by atoms with Gasteiger partial charge in [-0.05, 0) is 42.7 Å². The van der Waals surface area contributed by atoms with E-state index in [-0.39, 0.29) is 23.4 Å². The zero-order valence-corrected chi connectivity index (χ0v) is 16.7. The van der Waals surface area contributed by atoms with Gasteiger partial charge in [-0.3, -0.25) is 9.59 Å². The predicted molar refractivity (Wildman–Crippen MR) is 110 cm³/mol. The molecule has 3 rings (SSSR count). The Morgan fingerprint density at radius 2 is 1.73 bits per heavy atom. The summed E-state index contributed by atoms with van der Waals surface area (Å²) >= 11 is 5.60. The zero-order chi connectivity index (χ0) is 21.7. The lowest BCUT2D eigenvalue weighted by molar-refractivity contribution is -0.137. The molecule has 0 spiro atoms. The second kappa shape index (κ2) is 9.34. The number of piperidine rings is 1. The molecule has 0 bridgehead atoms. The van der Waals surface area contributed by atoms with Crippen molar-refractivity contribution in [1.29, 1.82) is 0 Å². The Morgan fingerprint density at radius 3 is 2.37 bits per heavy atom. The molecule has 0 radical (unpaired) electrons. The average Bonchev–Trinajstić information content (AvgIpc) is 2.73. The molecule has 0 atom stereocenters. The summed E-state index contributed by atoms with van der Waals surface area (Å²) in [4.78, 5) is 26.4. The van der Waals surface area contributed by atoms with E-state index in [4.69, 9.17) is 11.6 Å². The van der Waals surface area contributed by atoms with Gasteiger partial charge in [0.1, 0.15) is 0 Å². The van der Waals surface area contributed by atoms with Crippen molar-refractivity contribution in [3.63, 3.8) is 0 Å². The summed E-state index contributed by atoms with van der Waals surface area (Å²) in [7, 11) is 0. The summed E-state index contributed by atoms with van der Waals surface area (Å²) in [6.45, 7) is 0.814. The lowest BCUT2D eigenvalue weighted by atomic mass is 9.95. The number of nitrogens with one attached hydrogen (secondary N) is 1. The van der Waals surface area contributed by atoms with Gasteiger partial charge in [-0.25, -0.2) is 0 Å². The lowest BCUT2D eigenvalue weighted by Crippen LogP contribution is -2.40. The summed E-state index contributed by atoms with van der Waals surface area (Å²) in [5.41, 5.74) is -0.0325. The fourth-order valence-electron chi connectivity index (χ4n) is 3.26. The van der Waals surface area contributed by atoms with Crippen LogP contribution in [0.2, 0.25) is 5.02 Å². The molecule has 0 saturated carbocycles. The monoisotopic (exact) mass is 436 g/mol. The summed E-state index contributed by atoms with van der Waals surface area (Å²) in [5.74, 6) is -0.875. The minimum Gasteiger partial charge on any atom is -0.339 e. The first-order valence-corrected chi connectivity index (χ1v) is 9.81. The molecule has 0 aliphatic carbocycles. The van der Waals surface area contributed by atoms with E-state index in [1.165, 1.54) is 12.1 Å². The third-order valence-electron chi connectivity index (χ3n) is 4.93. The van der Waals surface area contributed by atoms with Crippen LogP contribution in [0.15, 0.2) is 54.6 Å². The van der Waals surface area contributed by atoms with E-state index >= 15 is 0 Å². The first-order chi connectivity index (χ1) is 14.2. The van der Waals surface area contributed by atoms with Crippen molar-refractivity contribution >= 4 is 35.2 Å². The van der Waals surface area contributed by atoms with Gasteiger partial charge < -0.3 is 10.2 Å². The number of hydrogen-bond acceptors (Lipinski definition) is 2. The van der Waals surface area contributed by atoms with Crippen molar-refractivity contribution in [3.8, 4) is 0 Å². The highest BCUT2D eigenvalue weighted by molar-refractivity contribution is 6.31. The van der Waals surface area contributed by atoms with Crippen LogP contribution in [0.3, 0.4) is 0 Å². The smallest absolute Gasteiger partial charge is 0.339 e. The van der Waals surface area contributed by atoms with Crippen LogP contribution >= 0.6 is 11.6 Å². The van der Waals surface area contributed by atoms with Crippen molar-refractivity contribution in [1.82, 2.24) is 4.90 Å². The maximum atomic E-state index is 13.0. The van der Waals surface area contributed by atoms with Crippen molar-refractivity contribution in [3.05, 3.63) is 70.8 Å². The molecule has 1 N–H and O–H groups in total. The number of carbonyl (C=O) groups excluding carboxylic acids is 2. The molecule has 4 nitrogen and oxygen atoms in total. The minimum absolute atomic E-state index is 0.0426. The van der Waals surface area contributed by atoms with Gasteiger partial charge in [-0.2, -0.15) is 13.2 Å². The molecule has 0 unspecified atom stereocenters. The van der Waals surface area contributed by atoms with E-state index in [0.717, 1.165) is 17.7 Å². The standard InChI is InChI=1S/C22H20ClF3N2O2/c23-19-8-7-17(14-18(19)22(24,25)26)27-21(30)16-10-12-28(13-11-16)20(29)9-6-15-4-2-1-3-5-15/h1-9,14,16H,10-13H2,(H,27,30)/b9-6+. The van der Waals surface area contributed by atoms with E-state index in [0.29, 0.717) is 25.9 Å². The third-order valence-corrected chi connectivity index (χ3v) is 5.26. The lowest BCUT2D eigenvalue weighted by Gasteiger charge is -2.30. The number of benzene rings is 2. The molecule has 30 heavy (non-hydrogen) atoms. The van der Waals surface area contributed by atoms with Crippen LogP contribution in [-0.2, 0) is 15.8 Å². The van der Waals surface area contributed by atoms with Crippen LogP contribution < -0.4 is 5.32 Å². The fraction of sp³-hybridized carbons (Fsp3) is 0.273. The summed E-state index contributed by atoms with van der Waals surface area (Å²) in [6, 6.07) is 12.7. The predicted octanol–water partition coefficient (Wildman–Crippen LogP) is 5.25. The molecule has 0 aromatic heterocycles. The molecule has 1 aliphatic rings. The number of hydrogen-bond donors (Lipinski definition) is 1. The van der Waals surface area contributed by atoms with Gasteiger partial charge in [0.15, 0.2) is 0 Å². The molecule has 1 heterocycles. The summed E-state index contributed by atoms with van der Waals surface area (Å²) in [6.07, 6.45) is -0.480. The molecule has 8 heteroatoms. The maximum absolute atomic E-state index is 13.0.